The van der Waals surface area contributed by atoms with Gasteiger partial charge in [0.25, 0.3) is 0 Å². The van der Waals surface area contributed by atoms with Crippen molar-refractivity contribution in [3.63, 3.8) is 0 Å². The molecule has 0 aliphatic rings. The Morgan fingerprint density at radius 1 is 1.44 bits per heavy atom. The lowest BCUT2D eigenvalue weighted by molar-refractivity contribution is 0.520. The second kappa shape index (κ2) is 4.44. The van der Waals surface area contributed by atoms with E-state index in [1.54, 1.807) is 11.0 Å². The standard InChI is InChI=1S/C10H16N6/c1-8(10-13-12-7-15(10)2)11-6-9-4-5-16(3)14-9/h4-5,7-8,11H,6H2,1-3H3. The third-order valence-corrected chi connectivity index (χ3v) is 2.49. The highest BCUT2D eigenvalue weighted by Gasteiger charge is 2.10. The first-order chi connectivity index (χ1) is 7.66. The van der Waals surface area contributed by atoms with Crippen molar-refractivity contribution >= 4 is 0 Å². The summed E-state index contributed by atoms with van der Waals surface area (Å²) >= 11 is 0. The molecule has 0 radical (unpaired) electrons. The number of hydrogen-bond acceptors (Lipinski definition) is 4. The minimum absolute atomic E-state index is 0.162. The first-order valence-electron chi connectivity index (χ1n) is 5.22. The molecule has 1 N–H and O–H groups in total. The Hall–Kier alpha value is -1.69. The fraction of sp³-hybridized carbons (Fsp3) is 0.500. The smallest absolute Gasteiger partial charge is 0.149 e. The number of aromatic nitrogens is 5. The van der Waals surface area contributed by atoms with E-state index in [-0.39, 0.29) is 6.04 Å². The largest absolute Gasteiger partial charge is 0.319 e. The summed E-state index contributed by atoms with van der Waals surface area (Å²) < 4.78 is 3.71. The maximum absolute atomic E-state index is 4.30. The Bertz CT molecular complexity index is 457. The van der Waals surface area contributed by atoms with E-state index in [1.807, 2.05) is 30.9 Å². The van der Waals surface area contributed by atoms with Crippen molar-refractivity contribution in [2.75, 3.05) is 0 Å². The molecule has 6 heteroatoms. The predicted octanol–water partition coefficient (Wildman–Crippen LogP) is 0.399. The first-order valence-corrected chi connectivity index (χ1v) is 5.22. The second-order valence-electron chi connectivity index (χ2n) is 3.88. The molecular formula is C10H16N6. The number of rotatable bonds is 4. The predicted molar refractivity (Wildman–Crippen MR) is 59.5 cm³/mol. The molecule has 1 atom stereocenters. The topological polar surface area (TPSA) is 60.6 Å². The van der Waals surface area contributed by atoms with Gasteiger partial charge in [0.15, 0.2) is 0 Å². The fourth-order valence-electron chi connectivity index (χ4n) is 1.59. The van der Waals surface area contributed by atoms with Crippen LogP contribution in [0.1, 0.15) is 24.5 Å². The maximum Gasteiger partial charge on any atom is 0.149 e. The van der Waals surface area contributed by atoms with Crippen LogP contribution in [0.5, 0.6) is 0 Å². The molecule has 2 aromatic rings. The summed E-state index contributed by atoms with van der Waals surface area (Å²) in [5, 5.41) is 15.6. The normalized spacial score (nSPS) is 12.9. The Balaban J connectivity index is 1.93. The lowest BCUT2D eigenvalue weighted by Gasteiger charge is -2.11. The van der Waals surface area contributed by atoms with E-state index >= 15 is 0 Å². The van der Waals surface area contributed by atoms with Crippen molar-refractivity contribution in [3.05, 3.63) is 30.1 Å². The molecule has 0 aliphatic carbocycles. The quantitative estimate of drug-likeness (QED) is 0.810. The molecule has 2 aromatic heterocycles. The van der Waals surface area contributed by atoms with Crippen LogP contribution in [0.2, 0.25) is 0 Å². The highest BCUT2D eigenvalue weighted by Crippen LogP contribution is 2.07. The summed E-state index contributed by atoms with van der Waals surface area (Å²) in [4.78, 5) is 0. The van der Waals surface area contributed by atoms with Crippen LogP contribution in [-0.2, 0) is 20.6 Å². The molecule has 86 valence electrons. The van der Waals surface area contributed by atoms with Gasteiger partial charge in [0.2, 0.25) is 0 Å². The van der Waals surface area contributed by atoms with E-state index in [9.17, 15) is 0 Å². The average Bonchev–Trinajstić information content (AvgIpc) is 2.84. The zero-order chi connectivity index (χ0) is 11.5. The first kappa shape index (κ1) is 10.8. The maximum atomic E-state index is 4.30. The summed E-state index contributed by atoms with van der Waals surface area (Å²) in [6, 6.07) is 2.16. The molecule has 0 fully saturated rings. The highest BCUT2D eigenvalue weighted by molar-refractivity contribution is 5.00. The van der Waals surface area contributed by atoms with E-state index in [0.717, 1.165) is 18.1 Å². The van der Waals surface area contributed by atoms with Crippen LogP contribution in [0.3, 0.4) is 0 Å². The van der Waals surface area contributed by atoms with Crippen molar-refractivity contribution in [3.8, 4) is 0 Å². The van der Waals surface area contributed by atoms with Gasteiger partial charge < -0.3 is 9.88 Å². The lowest BCUT2D eigenvalue weighted by atomic mass is 10.3. The lowest BCUT2D eigenvalue weighted by Crippen LogP contribution is -2.21. The Labute approximate surface area is 94.3 Å². The van der Waals surface area contributed by atoms with Crippen molar-refractivity contribution in [1.82, 2.24) is 29.9 Å². The molecule has 16 heavy (non-hydrogen) atoms. The molecular weight excluding hydrogens is 204 g/mol. The molecule has 1 unspecified atom stereocenters. The van der Waals surface area contributed by atoms with E-state index < -0.39 is 0 Å². The number of aryl methyl sites for hydroxylation is 2. The van der Waals surface area contributed by atoms with E-state index in [0.29, 0.717) is 0 Å². The van der Waals surface area contributed by atoms with Gasteiger partial charge in [-0.2, -0.15) is 5.10 Å². The molecule has 0 bridgehead atoms. The summed E-state index contributed by atoms with van der Waals surface area (Å²) in [5.74, 6) is 0.927. The number of nitrogens with one attached hydrogen (secondary N) is 1. The summed E-state index contributed by atoms with van der Waals surface area (Å²) in [6.45, 7) is 2.79. The average molecular weight is 220 g/mol. The molecule has 0 saturated heterocycles. The van der Waals surface area contributed by atoms with E-state index in [1.165, 1.54) is 0 Å². The molecule has 0 saturated carbocycles. The van der Waals surface area contributed by atoms with Gasteiger partial charge in [-0.05, 0) is 13.0 Å². The molecule has 0 spiro atoms. The van der Waals surface area contributed by atoms with Crippen LogP contribution in [0.15, 0.2) is 18.6 Å². The number of hydrogen-bond donors (Lipinski definition) is 1. The van der Waals surface area contributed by atoms with E-state index in [4.69, 9.17) is 0 Å². The molecule has 0 amide bonds. The number of nitrogens with zero attached hydrogens (tertiary/aromatic N) is 5. The van der Waals surface area contributed by atoms with Crippen molar-refractivity contribution < 1.29 is 0 Å². The highest BCUT2D eigenvalue weighted by atomic mass is 15.3. The minimum atomic E-state index is 0.162. The summed E-state index contributed by atoms with van der Waals surface area (Å²) in [7, 11) is 3.85. The van der Waals surface area contributed by atoms with Crippen LogP contribution in [0.25, 0.3) is 0 Å². The van der Waals surface area contributed by atoms with Crippen LogP contribution < -0.4 is 5.32 Å². The van der Waals surface area contributed by atoms with Crippen molar-refractivity contribution in [1.29, 1.82) is 0 Å². The molecule has 2 heterocycles. The fourth-order valence-corrected chi connectivity index (χ4v) is 1.59. The molecule has 2 rings (SSSR count). The van der Waals surface area contributed by atoms with Crippen molar-refractivity contribution in [2.45, 2.75) is 19.5 Å². The van der Waals surface area contributed by atoms with Crippen LogP contribution in [-0.4, -0.2) is 24.5 Å². The minimum Gasteiger partial charge on any atom is -0.319 e. The summed E-state index contributed by atoms with van der Waals surface area (Å²) in [5.41, 5.74) is 1.02. The SMILES string of the molecule is CC(NCc1ccn(C)n1)c1nncn1C. The Kier molecular flexibility index (Phi) is 3.00. The zero-order valence-electron chi connectivity index (χ0n) is 9.75. The van der Waals surface area contributed by atoms with Gasteiger partial charge in [-0.15, -0.1) is 10.2 Å². The van der Waals surface area contributed by atoms with Gasteiger partial charge in [-0.1, -0.05) is 0 Å². The van der Waals surface area contributed by atoms with Gasteiger partial charge in [-0.25, -0.2) is 0 Å². The molecule has 6 nitrogen and oxygen atoms in total. The molecule has 0 aromatic carbocycles. The van der Waals surface area contributed by atoms with E-state index in [2.05, 4.69) is 27.5 Å². The van der Waals surface area contributed by atoms with Crippen LogP contribution in [0.4, 0.5) is 0 Å². The van der Waals surface area contributed by atoms with Gasteiger partial charge in [0.05, 0.1) is 11.7 Å². The third-order valence-electron chi connectivity index (χ3n) is 2.49. The van der Waals surface area contributed by atoms with Crippen LogP contribution >= 0.6 is 0 Å². The van der Waals surface area contributed by atoms with Crippen molar-refractivity contribution in [2.24, 2.45) is 14.1 Å². The second-order valence-corrected chi connectivity index (χ2v) is 3.88. The summed E-state index contributed by atoms with van der Waals surface area (Å²) in [6.07, 6.45) is 3.64. The Morgan fingerprint density at radius 3 is 2.81 bits per heavy atom. The van der Waals surface area contributed by atoms with Crippen LogP contribution in [0, 0.1) is 0 Å². The van der Waals surface area contributed by atoms with Gasteiger partial charge in [0, 0.05) is 26.8 Å². The zero-order valence-corrected chi connectivity index (χ0v) is 9.75. The van der Waals surface area contributed by atoms with Gasteiger partial charge in [-0.3, -0.25) is 4.68 Å². The van der Waals surface area contributed by atoms with Gasteiger partial charge in [0.1, 0.15) is 12.2 Å². The Morgan fingerprint density at radius 2 is 2.25 bits per heavy atom. The third kappa shape index (κ3) is 2.27. The monoisotopic (exact) mass is 220 g/mol. The molecule has 0 aliphatic heterocycles. The van der Waals surface area contributed by atoms with Gasteiger partial charge >= 0.3 is 0 Å².